The first-order valence-corrected chi connectivity index (χ1v) is 6.28. The lowest BCUT2D eigenvalue weighted by molar-refractivity contribution is -0.134. The molecule has 0 radical (unpaired) electrons. The van der Waals surface area contributed by atoms with Crippen molar-refractivity contribution in [3.8, 4) is 0 Å². The molecule has 106 valence electrons. The smallest absolute Gasteiger partial charge is 0.310 e. The number of ketones is 1. The van der Waals surface area contributed by atoms with E-state index < -0.39 is 11.7 Å². The predicted octanol–water partition coefficient (Wildman–Crippen LogP) is 2.30. The van der Waals surface area contributed by atoms with Crippen molar-refractivity contribution in [3.63, 3.8) is 0 Å². The number of aliphatic hydroxyl groups is 1. The number of benzene rings is 2. The topological polar surface area (TPSA) is 78.4 Å². The van der Waals surface area contributed by atoms with Gasteiger partial charge in [0.15, 0.2) is 0 Å². The van der Waals surface area contributed by atoms with Crippen LogP contribution in [0.3, 0.4) is 0 Å². The highest BCUT2D eigenvalue weighted by Crippen LogP contribution is 2.10. The van der Waals surface area contributed by atoms with Gasteiger partial charge in [-0.1, -0.05) is 48.5 Å². The molecule has 0 aliphatic carbocycles. The molecule has 0 saturated carbocycles. The third kappa shape index (κ3) is 4.21. The Hall–Kier alpha value is -3.08. The number of anilines is 1. The fourth-order valence-corrected chi connectivity index (χ4v) is 1.59. The van der Waals surface area contributed by atoms with Crippen LogP contribution in [0, 0.1) is 0 Å². The lowest BCUT2D eigenvalue weighted by Gasteiger charge is -2.06. The minimum atomic E-state index is -0.860. The van der Waals surface area contributed by atoms with Gasteiger partial charge >= 0.3 is 5.91 Å². The maximum atomic E-state index is 11.7. The van der Waals surface area contributed by atoms with Gasteiger partial charge in [-0.2, -0.15) is 0 Å². The number of para-hydroxylation sites is 1. The van der Waals surface area contributed by atoms with Crippen molar-refractivity contribution >= 4 is 23.1 Å². The molecule has 2 aromatic rings. The maximum absolute atomic E-state index is 11.7. The molecule has 2 rings (SSSR count). The van der Waals surface area contributed by atoms with E-state index >= 15 is 0 Å². The molecular weight excluding hydrogens is 268 g/mol. The SMILES string of the molecule is O=C(C=C(O)c1ccccc1)C(=O)NNc1ccccc1. The summed E-state index contributed by atoms with van der Waals surface area (Å²) in [5.74, 6) is -1.96. The Labute approximate surface area is 121 Å². The number of nitrogens with one attached hydrogen (secondary N) is 2. The number of hydrogen-bond donors (Lipinski definition) is 3. The zero-order chi connectivity index (χ0) is 15.1. The van der Waals surface area contributed by atoms with E-state index in [1.807, 2.05) is 6.07 Å². The van der Waals surface area contributed by atoms with Crippen molar-refractivity contribution < 1.29 is 14.7 Å². The van der Waals surface area contributed by atoms with Crippen LogP contribution < -0.4 is 10.9 Å². The van der Waals surface area contributed by atoms with Crippen LogP contribution in [0.2, 0.25) is 0 Å². The molecule has 0 saturated heterocycles. The van der Waals surface area contributed by atoms with Gasteiger partial charge in [-0.05, 0) is 12.1 Å². The van der Waals surface area contributed by atoms with E-state index in [9.17, 15) is 14.7 Å². The summed E-state index contributed by atoms with van der Waals surface area (Å²) in [6.45, 7) is 0. The molecule has 0 unspecified atom stereocenters. The standard InChI is InChI=1S/C16H14N2O3/c19-14(12-7-3-1-4-8-12)11-15(20)16(21)18-17-13-9-5-2-6-10-13/h1-11,17,19H,(H,18,21). The van der Waals surface area contributed by atoms with Crippen LogP contribution in [0.1, 0.15) is 5.56 Å². The zero-order valence-corrected chi connectivity index (χ0v) is 11.1. The van der Waals surface area contributed by atoms with Crippen molar-refractivity contribution in [1.82, 2.24) is 5.43 Å². The van der Waals surface area contributed by atoms with Gasteiger partial charge in [0.05, 0.1) is 5.69 Å². The average molecular weight is 282 g/mol. The highest BCUT2D eigenvalue weighted by atomic mass is 16.3. The van der Waals surface area contributed by atoms with Crippen molar-refractivity contribution in [2.24, 2.45) is 0 Å². The van der Waals surface area contributed by atoms with Gasteiger partial charge in [-0.3, -0.25) is 20.4 Å². The third-order valence-corrected chi connectivity index (χ3v) is 2.66. The second kappa shape index (κ2) is 6.91. The van der Waals surface area contributed by atoms with Gasteiger partial charge in [0.2, 0.25) is 5.78 Å². The number of carbonyl (C=O) groups excluding carboxylic acids is 2. The summed E-state index contributed by atoms with van der Waals surface area (Å²) in [5.41, 5.74) is 5.98. The van der Waals surface area contributed by atoms with Gasteiger partial charge in [0, 0.05) is 11.6 Å². The molecule has 0 heterocycles. The number of amides is 1. The summed E-state index contributed by atoms with van der Waals surface area (Å²) in [4.78, 5) is 23.3. The summed E-state index contributed by atoms with van der Waals surface area (Å²) < 4.78 is 0. The molecule has 0 aromatic heterocycles. The Bertz CT molecular complexity index is 652. The van der Waals surface area contributed by atoms with Crippen LogP contribution >= 0.6 is 0 Å². The van der Waals surface area contributed by atoms with Crippen LogP contribution in [0.5, 0.6) is 0 Å². The first-order valence-electron chi connectivity index (χ1n) is 6.28. The van der Waals surface area contributed by atoms with E-state index in [1.165, 1.54) is 0 Å². The second-order valence-electron chi connectivity index (χ2n) is 4.21. The van der Waals surface area contributed by atoms with Crippen molar-refractivity contribution in [1.29, 1.82) is 0 Å². The minimum Gasteiger partial charge on any atom is -0.507 e. The molecule has 0 aliphatic rings. The molecule has 1 amide bonds. The Morgan fingerprint density at radius 1 is 0.905 bits per heavy atom. The zero-order valence-electron chi connectivity index (χ0n) is 11.1. The summed E-state index contributed by atoms with van der Waals surface area (Å²) in [6, 6.07) is 17.4. The molecule has 5 heteroatoms. The van der Waals surface area contributed by atoms with Crippen LogP contribution in [0.4, 0.5) is 5.69 Å². The number of carbonyl (C=O) groups is 2. The summed E-state index contributed by atoms with van der Waals surface area (Å²) >= 11 is 0. The summed E-state index contributed by atoms with van der Waals surface area (Å²) in [6.07, 6.45) is 0.886. The molecular formula is C16H14N2O3. The van der Waals surface area contributed by atoms with Gasteiger partial charge in [-0.15, -0.1) is 0 Å². The van der Waals surface area contributed by atoms with Crippen LogP contribution in [-0.2, 0) is 9.59 Å². The molecule has 0 aliphatic heterocycles. The lowest BCUT2D eigenvalue weighted by Crippen LogP contribution is -2.34. The normalized spacial score (nSPS) is 10.8. The predicted molar refractivity (Wildman–Crippen MR) is 80.3 cm³/mol. The number of rotatable bonds is 5. The molecule has 21 heavy (non-hydrogen) atoms. The maximum Gasteiger partial charge on any atom is 0.310 e. The number of hydrogen-bond acceptors (Lipinski definition) is 4. The second-order valence-corrected chi connectivity index (χ2v) is 4.21. The number of hydrazine groups is 1. The average Bonchev–Trinajstić information content (AvgIpc) is 2.54. The minimum absolute atomic E-state index is 0.254. The number of aliphatic hydroxyl groups excluding tert-OH is 1. The van der Waals surface area contributed by atoms with Crippen LogP contribution in [-0.4, -0.2) is 16.8 Å². The summed E-state index contributed by atoms with van der Waals surface area (Å²) in [7, 11) is 0. The van der Waals surface area contributed by atoms with Crippen molar-refractivity contribution in [2.45, 2.75) is 0 Å². The lowest BCUT2D eigenvalue weighted by atomic mass is 10.1. The highest BCUT2D eigenvalue weighted by Gasteiger charge is 2.12. The van der Waals surface area contributed by atoms with Gasteiger partial charge in [-0.25, -0.2) is 0 Å². The van der Waals surface area contributed by atoms with E-state index in [1.54, 1.807) is 54.6 Å². The van der Waals surface area contributed by atoms with Crippen molar-refractivity contribution in [3.05, 3.63) is 72.3 Å². The van der Waals surface area contributed by atoms with Crippen LogP contribution in [0.15, 0.2) is 66.7 Å². The van der Waals surface area contributed by atoms with Gasteiger partial charge < -0.3 is 5.11 Å². The highest BCUT2D eigenvalue weighted by molar-refractivity contribution is 6.41. The van der Waals surface area contributed by atoms with E-state index in [-0.39, 0.29) is 5.76 Å². The van der Waals surface area contributed by atoms with E-state index in [0.717, 1.165) is 6.08 Å². The Balaban J connectivity index is 1.95. The van der Waals surface area contributed by atoms with Gasteiger partial charge in [0.25, 0.3) is 0 Å². The molecule has 0 bridgehead atoms. The van der Waals surface area contributed by atoms with E-state index in [2.05, 4.69) is 10.9 Å². The molecule has 0 atom stereocenters. The van der Waals surface area contributed by atoms with E-state index in [4.69, 9.17) is 0 Å². The molecule has 5 nitrogen and oxygen atoms in total. The summed E-state index contributed by atoms with van der Waals surface area (Å²) in [5, 5.41) is 9.76. The molecule has 2 aromatic carbocycles. The van der Waals surface area contributed by atoms with Crippen molar-refractivity contribution in [2.75, 3.05) is 5.43 Å². The monoisotopic (exact) mass is 282 g/mol. The van der Waals surface area contributed by atoms with E-state index in [0.29, 0.717) is 11.3 Å². The molecule has 0 spiro atoms. The first kappa shape index (κ1) is 14.3. The first-order chi connectivity index (χ1) is 10.2. The quantitative estimate of drug-likeness (QED) is 0.340. The fraction of sp³-hybridized carbons (Fsp3) is 0. The molecule has 0 fully saturated rings. The van der Waals surface area contributed by atoms with Gasteiger partial charge in [0.1, 0.15) is 5.76 Å². The largest absolute Gasteiger partial charge is 0.507 e. The van der Waals surface area contributed by atoms with Crippen LogP contribution in [0.25, 0.3) is 5.76 Å². The Morgan fingerprint density at radius 2 is 1.48 bits per heavy atom. The Morgan fingerprint density at radius 3 is 2.10 bits per heavy atom. The third-order valence-electron chi connectivity index (χ3n) is 2.66. The Kier molecular flexibility index (Phi) is 4.71. The fourth-order valence-electron chi connectivity index (χ4n) is 1.59. The molecule has 3 N–H and O–H groups in total.